The van der Waals surface area contributed by atoms with Gasteiger partial charge < -0.3 is 15.4 Å². The summed E-state index contributed by atoms with van der Waals surface area (Å²) in [6, 6.07) is 13.7. The highest BCUT2D eigenvalue weighted by molar-refractivity contribution is 5.96. The SMILES string of the molecule is COC(=O)c1ccccc1NCCC(=O)Nc1ccc(C(C)=O)cc1. The summed E-state index contributed by atoms with van der Waals surface area (Å²) in [6.07, 6.45) is 0.226. The van der Waals surface area contributed by atoms with Crippen molar-refractivity contribution >= 4 is 29.0 Å². The lowest BCUT2D eigenvalue weighted by Gasteiger charge is -2.11. The second kappa shape index (κ2) is 8.63. The van der Waals surface area contributed by atoms with Crippen LogP contribution in [-0.2, 0) is 9.53 Å². The minimum atomic E-state index is -0.432. The molecular formula is C19H20N2O4. The van der Waals surface area contributed by atoms with E-state index in [0.29, 0.717) is 29.0 Å². The molecule has 2 aromatic carbocycles. The van der Waals surface area contributed by atoms with E-state index in [9.17, 15) is 14.4 Å². The number of ether oxygens (including phenoxy) is 1. The molecule has 1 amide bonds. The third kappa shape index (κ3) is 5.17. The quantitative estimate of drug-likeness (QED) is 0.597. The van der Waals surface area contributed by atoms with Crippen LogP contribution in [0.1, 0.15) is 34.1 Å². The summed E-state index contributed by atoms with van der Waals surface area (Å²) < 4.78 is 4.73. The van der Waals surface area contributed by atoms with Gasteiger partial charge in [-0.3, -0.25) is 9.59 Å². The second-order valence-corrected chi connectivity index (χ2v) is 5.40. The Morgan fingerprint density at radius 2 is 1.68 bits per heavy atom. The zero-order chi connectivity index (χ0) is 18.2. The molecule has 130 valence electrons. The average molecular weight is 340 g/mol. The maximum Gasteiger partial charge on any atom is 0.339 e. The highest BCUT2D eigenvalue weighted by Gasteiger charge is 2.11. The maximum absolute atomic E-state index is 12.0. The second-order valence-electron chi connectivity index (χ2n) is 5.40. The number of anilines is 2. The Morgan fingerprint density at radius 3 is 2.32 bits per heavy atom. The Hall–Kier alpha value is -3.15. The monoisotopic (exact) mass is 340 g/mol. The van der Waals surface area contributed by atoms with E-state index in [4.69, 9.17) is 4.74 Å². The molecule has 0 saturated carbocycles. The van der Waals surface area contributed by atoms with Crippen LogP contribution < -0.4 is 10.6 Å². The highest BCUT2D eigenvalue weighted by atomic mass is 16.5. The van der Waals surface area contributed by atoms with E-state index in [1.54, 1.807) is 48.5 Å². The van der Waals surface area contributed by atoms with Crippen molar-refractivity contribution in [1.82, 2.24) is 0 Å². The smallest absolute Gasteiger partial charge is 0.339 e. The summed E-state index contributed by atoms with van der Waals surface area (Å²) in [5, 5.41) is 5.82. The predicted molar refractivity (Wildman–Crippen MR) is 96.0 cm³/mol. The molecule has 0 heterocycles. The number of carbonyl (C=O) groups is 3. The van der Waals surface area contributed by atoms with E-state index < -0.39 is 5.97 Å². The Morgan fingerprint density at radius 1 is 1.00 bits per heavy atom. The Kier molecular flexibility index (Phi) is 6.28. The predicted octanol–water partition coefficient (Wildman–Crippen LogP) is 3.12. The number of hydrogen-bond acceptors (Lipinski definition) is 5. The third-order valence-corrected chi connectivity index (χ3v) is 3.58. The topological polar surface area (TPSA) is 84.5 Å². The van der Waals surface area contributed by atoms with Crippen LogP contribution in [0, 0.1) is 0 Å². The standard InChI is InChI=1S/C19H20N2O4/c1-13(22)14-7-9-15(10-8-14)21-18(23)11-12-20-17-6-4-3-5-16(17)19(24)25-2/h3-10,20H,11-12H2,1-2H3,(H,21,23). The first-order chi connectivity index (χ1) is 12.0. The van der Waals surface area contributed by atoms with Gasteiger partial charge in [-0.2, -0.15) is 0 Å². The number of rotatable bonds is 7. The molecule has 0 fully saturated rings. The molecule has 25 heavy (non-hydrogen) atoms. The zero-order valence-corrected chi connectivity index (χ0v) is 14.2. The van der Waals surface area contributed by atoms with Crippen LogP contribution in [0.3, 0.4) is 0 Å². The summed E-state index contributed by atoms with van der Waals surface area (Å²) in [4.78, 5) is 34.9. The van der Waals surface area contributed by atoms with Gasteiger partial charge in [0.25, 0.3) is 0 Å². The van der Waals surface area contributed by atoms with E-state index in [1.165, 1.54) is 14.0 Å². The van der Waals surface area contributed by atoms with Gasteiger partial charge in [-0.1, -0.05) is 12.1 Å². The molecule has 0 aliphatic heterocycles. The average Bonchev–Trinajstić information content (AvgIpc) is 2.62. The summed E-state index contributed by atoms with van der Waals surface area (Å²) >= 11 is 0. The number of carbonyl (C=O) groups excluding carboxylic acids is 3. The van der Waals surface area contributed by atoms with Crippen LogP contribution in [0.15, 0.2) is 48.5 Å². The molecule has 0 aliphatic rings. The fourth-order valence-corrected chi connectivity index (χ4v) is 2.25. The summed E-state index contributed by atoms with van der Waals surface area (Å²) in [7, 11) is 1.32. The molecule has 0 aliphatic carbocycles. The molecule has 2 aromatic rings. The van der Waals surface area contributed by atoms with Gasteiger partial charge in [0.2, 0.25) is 5.91 Å². The van der Waals surface area contributed by atoms with Crippen LogP contribution in [-0.4, -0.2) is 31.3 Å². The van der Waals surface area contributed by atoms with Crippen molar-refractivity contribution in [2.45, 2.75) is 13.3 Å². The number of para-hydroxylation sites is 1. The molecule has 0 aromatic heterocycles. The van der Waals surface area contributed by atoms with E-state index >= 15 is 0 Å². The van der Waals surface area contributed by atoms with Gasteiger partial charge in [0.15, 0.2) is 5.78 Å². The highest BCUT2D eigenvalue weighted by Crippen LogP contribution is 2.16. The fraction of sp³-hybridized carbons (Fsp3) is 0.211. The minimum absolute atomic E-state index is 0.0219. The van der Waals surface area contributed by atoms with Crippen molar-refractivity contribution in [1.29, 1.82) is 0 Å². The largest absolute Gasteiger partial charge is 0.465 e. The third-order valence-electron chi connectivity index (χ3n) is 3.58. The van der Waals surface area contributed by atoms with Crippen LogP contribution in [0.2, 0.25) is 0 Å². The van der Waals surface area contributed by atoms with Crippen LogP contribution >= 0.6 is 0 Å². The van der Waals surface area contributed by atoms with E-state index in [0.717, 1.165) is 0 Å². The van der Waals surface area contributed by atoms with Gasteiger partial charge in [0.1, 0.15) is 0 Å². The van der Waals surface area contributed by atoms with Crippen molar-refractivity contribution in [3.05, 3.63) is 59.7 Å². The fourth-order valence-electron chi connectivity index (χ4n) is 2.25. The van der Waals surface area contributed by atoms with Gasteiger partial charge in [-0.05, 0) is 43.3 Å². The van der Waals surface area contributed by atoms with Crippen molar-refractivity contribution < 1.29 is 19.1 Å². The molecule has 0 radical (unpaired) electrons. The molecule has 0 bridgehead atoms. The van der Waals surface area contributed by atoms with E-state index in [2.05, 4.69) is 10.6 Å². The number of amides is 1. The number of ketones is 1. The van der Waals surface area contributed by atoms with Crippen LogP contribution in [0.25, 0.3) is 0 Å². The summed E-state index contributed by atoms with van der Waals surface area (Å²) in [5.41, 5.74) is 2.27. The molecular weight excluding hydrogens is 320 g/mol. The van der Waals surface area contributed by atoms with Gasteiger partial charge >= 0.3 is 5.97 Å². The lowest BCUT2D eigenvalue weighted by molar-refractivity contribution is -0.115. The van der Waals surface area contributed by atoms with Gasteiger partial charge in [-0.25, -0.2) is 4.79 Å². The first-order valence-electron chi connectivity index (χ1n) is 7.83. The first-order valence-corrected chi connectivity index (χ1v) is 7.83. The van der Waals surface area contributed by atoms with Gasteiger partial charge in [0, 0.05) is 29.9 Å². The summed E-state index contributed by atoms with van der Waals surface area (Å²) in [6.45, 7) is 1.86. The van der Waals surface area contributed by atoms with Crippen molar-refractivity contribution in [3.8, 4) is 0 Å². The van der Waals surface area contributed by atoms with Gasteiger partial charge in [0.05, 0.1) is 12.7 Å². The lowest BCUT2D eigenvalue weighted by atomic mass is 10.1. The molecule has 0 atom stereocenters. The summed E-state index contributed by atoms with van der Waals surface area (Å²) in [5.74, 6) is -0.622. The van der Waals surface area contributed by atoms with Gasteiger partial charge in [-0.15, -0.1) is 0 Å². The number of esters is 1. The van der Waals surface area contributed by atoms with Crippen molar-refractivity contribution in [2.24, 2.45) is 0 Å². The van der Waals surface area contributed by atoms with E-state index in [-0.39, 0.29) is 18.1 Å². The number of hydrogen-bond donors (Lipinski definition) is 2. The Bertz CT molecular complexity index is 769. The van der Waals surface area contributed by atoms with E-state index in [1.807, 2.05) is 0 Å². The molecule has 0 spiro atoms. The molecule has 0 saturated heterocycles. The molecule has 2 rings (SSSR count). The number of Topliss-reactive ketones (excluding diaryl/α,β-unsaturated/α-hetero) is 1. The Balaban J connectivity index is 1.87. The zero-order valence-electron chi connectivity index (χ0n) is 14.2. The minimum Gasteiger partial charge on any atom is -0.465 e. The normalized spacial score (nSPS) is 10.0. The molecule has 0 unspecified atom stereocenters. The maximum atomic E-state index is 12.0. The van der Waals surface area contributed by atoms with Crippen LogP contribution in [0.5, 0.6) is 0 Å². The van der Waals surface area contributed by atoms with Crippen LogP contribution in [0.4, 0.5) is 11.4 Å². The number of methoxy groups -OCH3 is 1. The lowest BCUT2D eigenvalue weighted by Crippen LogP contribution is -2.17. The molecule has 6 nitrogen and oxygen atoms in total. The number of benzene rings is 2. The van der Waals surface area contributed by atoms with Crippen molar-refractivity contribution in [3.63, 3.8) is 0 Å². The molecule has 2 N–H and O–H groups in total. The molecule has 6 heteroatoms. The first kappa shape index (κ1) is 18.2. The number of nitrogens with one attached hydrogen (secondary N) is 2. The van der Waals surface area contributed by atoms with Crippen molar-refractivity contribution in [2.75, 3.05) is 24.3 Å². The Labute approximate surface area is 146 Å².